The Hall–Kier alpha value is -3.86. The van der Waals surface area contributed by atoms with E-state index in [9.17, 15) is 9.59 Å². The quantitative estimate of drug-likeness (QED) is 0.463. The first kappa shape index (κ1) is 19.5. The second-order valence-electron chi connectivity index (χ2n) is 7.04. The van der Waals surface area contributed by atoms with E-state index < -0.39 is 5.97 Å². The highest BCUT2D eigenvalue weighted by Crippen LogP contribution is 2.38. The molecule has 1 heterocycles. The van der Waals surface area contributed by atoms with Gasteiger partial charge in [0.1, 0.15) is 0 Å². The van der Waals surface area contributed by atoms with Crippen LogP contribution in [0.4, 0.5) is 11.4 Å². The topological polar surface area (TPSA) is 67.4 Å². The minimum atomic E-state index is -0.409. The van der Waals surface area contributed by atoms with Gasteiger partial charge >= 0.3 is 5.97 Å². The Morgan fingerprint density at radius 2 is 1.70 bits per heavy atom. The van der Waals surface area contributed by atoms with Crippen molar-refractivity contribution in [1.82, 2.24) is 0 Å². The van der Waals surface area contributed by atoms with Gasteiger partial charge in [0.05, 0.1) is 29.1 Å². The van der Waals surface area contributed by atoms with Gasteiger partial charge in [-0.3, -0.25) is 4.79 Å². The van der Waals surface area contributed by atoms with Crippen LogP contribution in [0.25, 0.3) is 11.3 Å². The molecule has 5 nitrogen and oxygen atoms in total. The van der Waals surface area contributed by atoms with Crippen LogP contribution in [-0.2, 0) is 9.53 Å². The van der Waals surface area contributed by atoms with Crippen molar-refractivity contribution >= 4 is 34.5 Å². The SMILES string of the molecule is CCOC(=O)c1ccc2c(c1)NC(=O)C2=C(Nc1ccc(C)cc1)c1ccccc1. The van der Waals surface area contributed by atoms with E-state index in [1.165, 1.54) is 0 Å². The third kappa shape index (κ3) is 3.82. The highest BCUT2D eigenvalue weighted by molar-refractivity contribution is 6.37. The van der Waals surface area contributed by atoms with Gasteiger partial charge in [-0.05, 0) is 43.7 Å². The van der Waals surface area contributed by atoms with Gasteiger partial charge in [0.15, 0.2) is 0 Å². The molecule has 150 valence electrons. The Balaban J connectivity index is 1.83. The first-order valence-corrected chi connectivity index (χ1v) is 9.83. The molecule has 0 atom stereocenters. The number of anilines is 2. The molecule has 0 saturated carbocycles. The van der Waals surface area contributed by atoms with Crippen LogP contribution in [0.1, 0.15) is 34.0 Å². The number of rotatable bonds is 5. The van der Waals surface area contributed by atoms with E-state index in [4.69, 9.17) is 4.74 Å². The van der Waals surface area contributed by atoms with Crippen molar-refractivity contribution in [3.8, 4) is 0 Å². The summed E-state index contributed by atoms with van der Waals surface area (Å²) in [4.78, 5) is 25.0. The zero-order valence-corrected chi connectivity index (χ0v) is 16.9. The lowest BCUT2D eigenvalue weighted by atomic mass is 9.99. The van der Waals surface area contributed by atoms with Gasteiger partial charge in [-0.2, -0.15) is 0 Å². The fourth-order valence-corrected chi connectivity index (χ4v) is 3.43. The summed E-state index contributed by atoms with van der Waals surface area (Å²) in [5, 5.41) is 6.31. The van der Waals surface area contributed by atoms with Crippen molar-refractivity contribution in [2.45, 2.75) is 13.8 Å². The standard InChI is InChI=1S/C25H22N2O3/c1-3-30-25(29)18-11-14-20-21(15-18)27-24(28)22(20)23(17-7-5-4-6-8-17)26-19-12-9-16(2)10-13-19/h4-15,26H,3H2,1-2H3,(H,27,28). The van der Waals surface area contributed by atoms with Crippen LogP contribution >= 0.6 is 0 Å². The number of amides is 1. The van der Waals surface area contributed by atoms with Crippen molar-refractivity contribution in [1.29, 1.82) is 0 Å². The lowest BCUT2D eigenvalue weighted by molar-refractivity contribution is -0.110. The molecular weight excluding hydrogens is 376 g/mol. The molecule has 4 rings (SSSR count). The smallest absolute Gasteiger partial charge is 0.338 e. The Bertz CT molecular complexity index is 1130. The summed E-state index contributed by atoms with van der Waals surface area (Å²) in [7, 11) is 0. The van der Waals surface area contributed by atoms with Crippen LogP contribution in [0.2, 0.25) is 0 Å². The molecule has 0 radical (unpaired) electrons. The molecule has 2 N–H and O–H groups in total. The average molecular weight is 398 g/mol. The van der Waals surface area contributed by atoms with E-state index in [0.29, 0.717) is 29.1 Å². The van der Waals surface area contributed by atoms with Crippen LogP contribution in [0.15, 0.2) is 72.8 Å². The largest absolute Gasteiger partial charge is 0.462 e. The number of aryl methyl sites for hydroxylation is 1. The predicted octanol–water partition coefficient (Wildman–Crippen LogP) is 5.10. The number of fused-ring (bicyclic) bond motifs is 1. The number of carbonyl (C=O) groups is 2. The fourth-order valence-electron chi connectivity index (χ4n) is 3.43. The van der Waals surface area contributed by atoms with Gasteiger partial charge in [-0.15, -0.1) is 0 Å². The van der Waals surface area contributed by atoms with Gasteiger partial charge in [-0.25, -0.2) is 4.79 Å². The number of ether oxygens (including phenoxy) is 1. The number of hydrogen-bond donors (Lipinski definition) is 2. The zero-order chi connectivity index (χ0) is 21.1. The highest BCUT2D eigenvalue weighted by Gasteiger charge is 2.29. The minimum absolute atomic E-state index is 0.218. The Morgan fingerprint density at radius 3 is 2.40 bits per heavy atom. The first-order chi connectivity index (χ1) is 14.6. The van der Waals surface area contributed by atoms with E-state index in [2.05, 4.69) is 10.6 Å². The zero-order valence-electron chi connectivity index (χ0n) is 16.9. The molecule has 1 amide bonds. The molecule has 0 bridgehead atoms. The molecule has 0 fully saturated rings. The number of hydrogen-bond acceptors (Lipinski definition) is 4. The Kier molecular flexibility index (Phi) is 5.35. The normalized spacial score (nSPS) is 14.0. The molecule has 30 heavy (non-hydrogen) atoms. The molecule has 3 aromatic rings. The van der Waals surface area contributed by atoms with Crippen LogP contribution in [0.5, 0.6) is 0 Å². The number of carbonyl (C=O) groups excluding carboxylic acids is 2. The highest BCUT2D eigenvalue weighted by atomic mass is 16.5. The molecule has 0 spiro atoms. The maximum absolute atomic E-state index is 13.0. The summed E-state index contributed by atoms with van der Waals surface area (Å²) in [6.07, 6.45) is 0. The van der Waals surface area contributed by atoms with Crippen molar-refractivity contribution in [2.75, 3.05) is 17.2 Å². The Morgan fingerprint density at radius 1 is 0.967 bits per heavy atom. The van der Waals surface area contributed by atoms with E-state index >= 15 is 0 Å². The van der Waals surface area contributed by atoms with Gasteiger partial charge < -0.3 is 15.4 Å². The van der Waals surface area contributed by atoms with Crippen LogP contribution < -0.4 is 10.6 Å². The van der Waals surface area contributed by atoms with Crippen LogP contribution in [0.3, 0.4) is 0 Å². The lowest BCUT2D eigenvalue weighted by Crippen LogP contribution is -2.10. The van der Waals surface area contributed by atoms with Crippen LogP contribution in [-0.4, -0.2) is 18.5 Å². The number of benzene rings is 3. The monoisotopic (exact) mass is 398 g/mol. The van der Waals surface area contributed by atoms with E-state index in [0.717, 1.165) is 22.4 Å². The molecule has 1 aliphatic heterocycles. The van der Waals surface area contributed by atoms with E-state index in [-0.39, 0.29) is 5.91 Å². The van der Waals surface area contributed by atoms with Gasteiger partial charge in [-0.1, -0.05) is 54.1 Å². The van der Waals surface area contributed by atoms with Gasteiger partial charge in [0.2, 0.25) is 0 Å². The third-order valence-electron chi connectivity index (χ3n) is 4.91. The molecule has 5 heteroatoms. The Labute approximate surface area is 175 Å². The average Bonchev–Trinajstić information content (AvgIpc) is 3.09. The number of nitrogens with one attached hydrogen (secondary N) is 2. The molecule has 0 aliphatic carbocycles. The fraction of sp³-hybridized carbons (Fsp3) is 0.120. The second kappa shape index (κ2) is 8.25. The van der Waals surface area contributed by atoms with Crippen molar-refractivity contribution in [3.63, 3.8) is 0 Å². The van der Waals surface area contributed by atoms with Gasteiger partial charge in [0.25, 0.3) is 5.91 Å². The van der Waals surface area contributed by atoms with Crippen LogP contribution in [0, 0.1) is 6.92 Å². The summed E-state index contributed by atoms with van der Waals surface area (Å²) in [6, 6.07) is 22.9. The molecular formula is C25H22N2O3. The summed E-state index contributed by atoms with van der Waals surface area (Å²) in [5.41, 5.74) is 5.93. The lowest BCUT2D eigenvalue weighted by Gasteiger charge is -2.15. The maximum atomic E-state index is 13.0. The minimum Gasteiger partial charge on any atom is -0.462 e. The summed E-state index contributed by atoms with van der Waals surface area (Å²) < 4.78 is 5.07. The number of esters is 1. The van der Waals surface area contributed by atoms with E-state index in [1.54, 1.807) is 25.1 Å². The first-order valence-electron chi connectivity index (χ1n) is 9.83. The van der Waals surface area contributed by atoms with E-state index in [1.807, 2.05) is 61.5 Å². The second-order valence-corrected chi connectivity index (χ2v) is 7.04. The summed E-state index contributed by atoms with van der Waals surface area (Å²) >= 11 is 0. The summed E-state index contributed by atoms with van der Waals surface area (Å²) in [6.45, 7) is 4.09. The molecule has 0 unspecified atom stereocenters. The molecule has 3 aromatic carbocycles. The van der Waals surface area contributed by atoms with Crippen molar-refractivity contribution < 1.29 is 14.3 Å². The summed E-state index contributed by atoms with van der Waals surface area (Å²) in [5.74, 6) is -0.627. The third-order valence-corrected chi connectivity index (χ3v) is 4.91. The maximum Gasteiger partial charge on any atom is 0.338 e. The molecule has 1 aliphatic rings. The van der Waals surface area contributed by atoms with Crippen molar-refractivity contribution in [2.24, 2.45) is 0 Å². The van der Waals surface area contributed by atoms with Crippen molar-refractivity contribution in [3.05, 3.63) is 95.1 Å². The molecule has 0 aromatic heterocycles. The predicted molar refractivity (Wildman–Crippen MR) is 119 cm³/mol. The molecule has 0 saturated heterocycles. The van der Waals surface area contributed by atoms with Gasteiger partial charge in [0, 0.05) is 11.3 Å².